The predicted molar refractivity (Wildman–Crippen MR) is 40.4 cm³/mol. The summed E-state index contributed by atoms with van der Waals surface area (Å²) in [7, 11) is -3.17. The lowest BCUT2D eigenvalue weighted by molar-refractivity contribution is 0.340. The lowest BCUT2D eigenvalue weighted by Crippen LogP contribution is -1.79. The van der Waals surface area contributed by atoms with Crippen LogP contribution in [0.1, 0.15) is 0 Å². The monoisotopic (exact) mass is 160 g/mol. The molecule has 0 aliphatic heterocycles. The Morgan fingerprint density at radius 3 is 1.70 bits per heavy atom. The zero-order chi connectivity index (χ0) is 8.04. The quantitative estimate of drug-likeness (QED) is 0.458. The van der Waals surface area contributed by atoms with E-state index in [1.54, 1.807) is 0 Å². The Morgan fingerprint density at radius 1 is 1.10 bits per heavy atom. The molecule has 10 heavy (non-hydrogen) atoms. The van der Waals surface area contributed by atoms with E-state index >= 15 is 0 Å². The van der Waals surface area contributed by atoms with Crippen molar-refractivity contribution in [3.63, 3.8) is 0 Å². The zero-order valence-electron chi connectivity index (χ0n) is 5.53. The second-order valence-electron chi connectivity index (χ2n) is 1.27. The van der Waals surface area contributed by atoms with Crippen molar-refractivity contribution < 1.29 is 13.6 Å². The van der Waals surface area contributed by atoms with Crippen LogP contribution in [0.3, 0.4) is 0 Å². The van der Waals surface area contributed by atoms with Gasteiger partial charge in [0.15, 0.2) is 0 Å². The fraction of sp³-hybridized carbons (Fsp3) is 0. The molecule has 0 atom stereocenters. The first-order valence-electron chi connectivity index (χ1n) is 2.50. The van der Waals surface area contributed by atoms with Gasteiger partial charge in [-0.25, -0.2) is 4.57 Å². The minimum absolute atomic E-state index is 1.03. The molecule has 0 radical (unpaired) electrons. The van der Waals surface area contributed by atoms with Crippen LogP contribution < -0.4 is 0 Å². The van der Waals surface area contributed by atoms with Crippen molar-refractivity contribution in [2.24, 2.45) is 0 Å². The third-order valence-electron chi connectivity index (χ3n) is 0.667. The second-order valence-corrected chi connectivity index (χ2v) is 3.13. The van der Waals surface area contributed by atoms with E-state index < -0.39 is 7.60 Å². The first kappa shape index (κ1) is 9.05. The SMILES string of the molecule is C=COP(=O)(C=C)OC=C. The zero-order valence-corrected chi connectivity index (χ0v) is 6.42. The highest BCUT2D eigenvalue weighted by molar-refractivity contribution is 7.57. The number of hydrogen-bond acceptors (Lipinski definition) is 3. The van der Waals surface area contributed by atoms with Gasteiger partial charge in [0, 0.05) is 5.82 Å². The van der Waals surface area contributed by atoms with E-state index in [0.29, 0.717) is 0 Å². The normalized spacial score (nSPS) is 9.60. The molecule has 0 aromatic rings. The summed E-state index contributed by atoms with van der Waals surface area (Å²) in [6, 6.07) is 0. The summed E-state index contributed by atoms with van der Waals surface area (Å²) in [4.78, 5) is 0. The van der Waals surface area contributed by atoms with Crippen LogP contribution in [0.15, 0.2) is 38.1 Å². The van der Waals surface area contributed by atoms with Gasteiger partial charge in [-0.3, -0.25) is 0 Å². The van der Waals surface area contributed by atoms with Gasteiger partial charge in [-0.05, 0) is 0 Å². The first-order chi connectivity index (χ1) is 4.68. The summed E-state index contributed by atoms with van der Waals surface area (Å²) >= 11 is 0. The maximum absolute atomic E-state index is 11.1. The standard InChI is InChI=1S/C6H9O3P/c1-4-8-10(7,6-3)9-5-2/h4-6H,1-3H2. The number of rotatable bonds is 5. The van der Waals surface area contributed by atoms with Gasteiger partial charge >= 0.3 is 7.60 Å². The molecule has 0 spiro atoms. The van der Waals surface area contributed by atoms with Gasteiger partial charge in [-0.2, -0.15) is 0 Å². The highest BCUT2D eigenvalue weighted by Gasteiger charge is 2.17. The topological polar surface area (TPSA) is 35.5 Å². The van der Waals surface area contributed by atoms with Crippen molar-refractivity contribution >= 4 is 7.60 Å². The van der Waals surface area contributed by atoms with Crippen LogP contribution in [-0.4, -0.2) is 0 Å². The van der Waals surface area contributed by atoms with E-state index in [0.717, 1.165) is 18.3 Å². The molecule has 0 aromatic carbocycles. The van der Waals surface area contributed by atoms with Crippen molar-refractivity contribution in [3.05, 3.63) is 38.1 Å². The molecule has 3 nitrogen and oxygen atoms in total. The summed E-state index contributed by atoms with van der Waals surface area (Å²) in [5.41, 5.74) is 0. The van der Waals surface area contributed by atoms with Gasteiger partial charge in [0.1, 0.15) is 0 Å². The van der Waals surface area contributed by atoms with Crippen LogP contribution in [0.4, 0.5) is 0 Å². The minimum atomic E-state index is -3.17. The third-order valence-corrected chi connectivity index (χ3v) is 2.00. The Kier molecular flexibility index (Phi) is 3.59. The van der Waals surface area contributed by atoms with Crippen LogP contribution in [-0.2, 0) is 13.6 Å². The van der Waals surface area contributed by atoms with Crippen LogP contribution in [0.2, 0.25) is 0 Å². The molecule has 0 aliphatic carbocycles. The molecule has 0 unspecified atom stereocenters. The third kappa shape index (κ3) is 2.55. The van der Waals surface area contributed by atoms with Gasteiger partial charge in [0.25, 0.3) is 0 Å². The molecule has 0 bridgehead atoms. The molecular weight excluding hydrogens is 151 g/mol. The minimum Gasteiger partial charge on any atom is -0.422 e. The Hall–Kier alpha value is -0.950. The summed E-state index contributed by atoms with van der Waals surface area (Å²) in [5.74, 6) is 1.08. The molecular formula is C6H9O3P. The highest BCUT2D eigenvalue weighted by atomic mass is 31.2. The molecule has 0 aliphatic rings. The van der Waals surface area contributed by atoms with Gasteiger partial charge < -0.3 is 9.05 Å². The van der Waals surface area contributed by atoms with Crippen molar-refractivity contribution in [2.75, 3.05) is 0 Å². The Morgan fingerprint density at radius 2 is 1.50 bits per heavy atom. The van der Waals surface area contributed by atoms with Crippen LogP contribution >= 0.6 is 7.60 Å². The van der Waals surface area contributed by atoms with E-state index in [1.165, 1.54) is 0 Å². The van der Waals surface area contributed by atoms with Crippen molar-refractivity contribution in [1.29, 1.82) is 0 Å². The highest BCUT2D eigenvalue weighted by Crippen LogP contribution is 2.49. The summed E-state index contributed by atoms with van der Waals surface area (Å²) in [6.45, 7) is 9.70. The maximum Gasteiger partial charge on any atom is 0.453 e. The fourth-order valence-corrected chi connectivity index (χ4v) is 0.956. The molecule has 0 saturated heterocycles. The fourth-order valence-electron chi connectivity index (χ4n) is 0.319. The first-order valence-corrected chi connectivity index (χ1v) is 4.11. The summed E-state index contributed by atoms with van der Waals surface area (Å²) in [5, 5.41) is 0. The summed E-state index contributed by atoms with van der Waals surface area (Å²) < 4.78 is 20.1. The average Bonchev–Trinajstić information content (AvgIpc) is 1.89. The van der Waals surface area contributed by atoms with Crippen LogP contribution in [0.5, 0.6) is 0 Å². The number of hydrogen-bond donors (Lipinski definition) is 0. The molecule has 0 saturated carbocycles. The van der Waals surface area contributed by atoms with Crippen molar-refractivity contribution in [2.45, 2.75) is 0 Å². The van der Waals surface area contributed by atoms with Crippen molar-refractivity contribution in [1.82, 2.24) is 0 Å². The molecule has 0 aromatic heterocycles. The molecule has 0 heterocycles. The van der Waals surface area contributed by atoms with Crippen molar-refractivity contribution in [3.8, 4) is 0 Å². The van der Waals surface area contributed by atoms with Crippen LogP contribution in [0.25, 0.3) is 0 Å². The lowest BCUT2D eigenvalue weighted by atomic mass is 11.2. The van der Waals surface area contributed by atoms with E-state index in [9.17, 15) is 4.57 Å². The average molecular weight is 160 g/mol. The molecule has 0 fully saturated rings. The Labute approximate surface area is 60.2 Å². The predicted octanol–water partition coefficient (Wildman–Crippen LogP) is 2.64. The molecule has 4 heteroatoms. The Bertz CT molecular complexity index is 171. The second kappa shape index (κ2) is 3.96. The van der Waals surface area contributed by atoms with Gasteiger partial charge in [-0.15, -0.1) is 0 Å². The van der Waals surface area contributed by atoms with E-state index in [-0.39, 0.29) is 0 Å². The van der Waals surface area contributed by atoms with E-state index in [2.05, 4.69) is 28.8 Å². The van der Waals surface area contributed by atoms with E-state index in [1.807, 2.05) is 0 Å². The van der Waals surface area contributed by atoms with Gasteiger partial charge in [0.05, 0.1) is 12.5 Å². The van der Waals surface area contributed by atoms with Gasteiger partial charge in [0.2, 0.25) is 0 Å². The smallest absolute Gasteiger partial charge is 0.422 e. The molecule has 0 amide bonds. The molecule has 0 rings (SSSR count). The van der Waals surface area contributed by atoms with Crippen LogP contribution in [0, 0.1) is 0 Å². The molecule has 0 N–H and O–H groups in total. The summed E-state index contributed by atoms with van der Waals surface area (Å²) in [6.07, 6.45) is 2.07. The van der Waals surface area contributed by atoms with Gasteiger partial charge in [-0.1, -0.05) is 19.7 Å². The maximum atomic E-state index is 11.1. The Balaban J connectivity index is 4.21. The van der Waals surface area contributed by atoms with E-state index in [4.69, 9.17) is 0 Å². The lowest BCUT2D eigenvalue weighted by Gasteiger charge is -2.09. The molecule has 56 valence electrons. The largest absolute Gasteiger partial charge is 0.453 e.